The van der Waals surface area contributed by atoms with E-state index in [1.165, 1.54) is 0 Å². The van der Waals surface area contributed by atoms with Gasteiger partial charge in [-0.3, -0.25) is 5.43 Å². The molecular weight excluding hydrogens is 282 g/mol. The number of hydrazone groups is 1. The van der Waals surface area contributed by atoms with Crippen LogP contribution in [0.2, 0.25) is 0 Å². The molecule has 0 saturated heterocycles. The van der Waals surface area contributed by atoms with Gasteiger partial charge in [-0.25, -0.2) is 9.89 Å². The second-order valence-corrected chi connectivity index (χ2v) is 4.68. The second-order valence-electron chi connectivity index (χ2n) is 4.68. The topological polar surface area (TPSA) is 92.3 Å². The van der Waals surface area contributed by atoms with Crippen LogP contribution in [-0.2, 0) is 0 Å². The van der Waals surface area contributed by atoms with Crippen LogP contribution < -0.4 is 15.9 Å². The number of unbranched alkanes of at least 4 members (excludes halogenated alkanes) is 1. The summed E-state index contributed by atoms with van der Waals surface area (Å²) in [6, 6.07) is 7.63. The van der Waals surface area contributed by atoms with Crippen LogP contribution in [-0.4, -0.2) is 28.0 Å². The minimum Gasteiger partial charge on any atom is -0.493 e. The Labute approximate surface area is 128 Å². The maximum atomic E-state index is 11.1. The highest BCUT2D eigenvalue weighted by molar-refractivity contribution is 5.83. The number of aromatic nitrogens is 3. The molecule has 0 fully saturated rings. The van der Waals surface area contributed by atoms with Gasteiger partial charge in [0, 0.05) is 5.56 Å². The molecule has 1 heterocycles. The number of anilines is 1. The van der Waals surface area contributed by atoms with Crippen LogP contribution in [0.5, 0.6) is 5.75 Å². The predicted molar refractivity (Wildman–Crippen MR) is 85.5 cm³/mol. The quantitative estimate of drug-likeness (QED) is 0.464. The molecule has 0 unspecified atom stereocenters. The number of aryl methyl sites for hydroxylation is 1. The number of ether oxygens (including phenoxy) is 1. The molecule has 22 heavy (non-hydrogen) atoms. The Morgan fingerprint density at radius 1 is 1.41 bits per heavy atom. The van der Waals surface area contributed by atoms with Crippen molar-refractivity contribution in [1.82, 2.24) is 15.2 Å². The average Bonchev–Trinajstić information content (AvgIpc) is 2.52. The molecular formula is C15H19N5O2. The summed E-state index contributed by atoms with van der Waals surface area (Å²) < 4.78 is 5.72. The highest BCUT2D eigenvalue weighted by Gasteiger charge is 2.02. The van der Waals surface area contributed by atoms with Gasteiger partial charge >= 0.3 is 5.69 Å². The number of nitrogens with zero attached hydrogens (tertiary/aromatic N) is 3. The molecule has 0 saturated carbocycles. The molecule has 7 nitrogen and oxygen atoms in total. The van der Waals surface area contributed by atoms with Crippen molar-refractivity contribution in [3.63, 3.8) is 0 Å². The van der Waals surface area contributed by atoms with Crippen molar-refractivity contribution >= 4 is 12.0 Å². The van der Waals surface area contributed by atoms with Gasteiger partial charge in [0.25, 0.3) is 0 Å². The Balaban J connectivity index is 2.06. The van der Waals surface area contributed by atoms with Crippen molar-refractivity contribution in [3.8, 4) is 5.75 Å². The van der Waals surface area contributed by atoms with Crippen LogP contribution in [0, 0.1) is 6.92 Å². The molecule has 0 aliphatic carbocycles. The van der Waals surface area contributed by atoms with Crippen LogP contribution >= 0.6 is 0 Å². The van der Waals surface area contributed by atoms with Crippen molar-refractivity contribution in [3.05, 3.63) is 46.0 Å². The predicted octanol–water partition coefficient (Wildman–Crippen LogP) is 2.10. The summed E-state index contributed by atoms with van der Waals surface area (Å²) in [7, 11) is 0. The maximum Gasteiger partial charge on any atom is 0.363 e. The van der Waals surface area contributed by atoms with E-state index < -0.39 is 5.69 Å². The fourth-order valence-electron chi connectivity index (χ4n) is 1.71. The van der Waals surface area contributed by atoms with E-state index in [2.05, 4.69) is 32.6 Å². The van der Waals surface area contributed by atoms with E-state index in [1.54, 1.807) is 13.1 Å². The van der Waals surface area contributed by atoms with Crippen LogP contribution in [0.25, 0.3) is 0 Å². The molecule has 0 atom stereocenters. The molecule has 0 amide bonds. The van der Waals surface area contributed by atoms with Crippen LogP contribution in [0.1, 0.15) is 31.0 Å². The Morgan fingerprint density at radius 3 is 3.05 bits per heavy atom. The van der Waals surface area contributed by atoms with Gasteiger partial charge in [-0.05, 0) is 25.5 Å². The number of aromatic amines is 1. The maximum absolute atomic E-state index is 11.1. The van der Waals surface area contributed by atoms with Gasteiger partial charge in [0.15, 0.2) is 5.82 Å². The zero-order chi connectivity index (χ0) is 15.8. The third-order valence-electron chi connectivity index (χ3n) is 2.92. The van der Waals surface area contributed by atoms with Gasteiger partial charge in [-0.2, -0.15) is 15.2 Å². The fraction of sp³-hybridized carbons (Fsp3) is 0.333. The largest absolute Gasteiger partial charge is 0.493 e. The molecule has 116 valence electrons. The summed E-state index contributed by atoms with van der Waals surface area (Å²) in [6.45, 7) is 4.52. The number of hydrogen-bond acceptors (Lipinski definition) is 6. The molecule has 2 N–H and O–H groups in total. The molecule has 1 aromatic heterocycles. The lowest BCUT2D eigenvalue weighted by Gasteiger charge is -2.08. The van der Waals surface area contributed by atoms with E-state index in [9.17, 15) is 4.79 Å². The van der Waals surface area contributed by atoms with Gasteiger partial charge in [0.1, 0.15) is 11.4 Å². The molecule has 2 aromatic rings. The van der Waals surface area contributed by atoms with Gasteiger partial charge in [0.05, 0.1) is 12.8 Å². The van der Waals surface area contributed by atoms with Crippen molar-refractivity contribution in [2.45, 2.75) is 26.7 Å². The summed E-state index contributed by atoms with van der Waals surface area (Å²) >= 11 is 0. The smallest absolute Gasteiger partial charge is 0.363 e. The number of H-pyrrole nitrogens is 1. The molecule has 7 heteroatoms. The normalized spacial score (nSPS) is 10.8. The Hall–Kier alpha value is -2.70. The van der Waals surface area contributed by atoms with E-state index in [-0.39, 0.29) is 0 Å². The summed E-state index contributed by atoms with van der Waals surface area (Å²) in [5, 5.41) is 10.2. The monoisotopic (exact) mass is 301 g/mol. The fourth-order valence-corrected chi connectivity index (χ4v) is 1.71. The van der Waals surface area contributed by atoms with Gasteiger partial charge in [0.2, 0.25) is 0 Å². The lowest BCUT2D eigenvalue weighted by molar-refractivity contribution is 0.309. The molecule has 0 radical (unpaired) electrons. The van der Waals surface area contributed by atoms with Crippen molar-refractivity contribution < 1.29 is 4.74 Å². The Kier molecular flexibility index (Phi) is 5.65. The van der Waals surface area contributed by atoms with Gasteiger partial charge in [-0.15, -0.1) is 0 Å². The SMILES string of the molecule is CCCCOc1ccccc1C=NNc1nc(=O)[nH]nc1C. The number of hydrogen-bond donors (Lipinski definition) is 2. The van der Waals surface area contributed by atoms with Crippen LogP contribution in [0.4, 0.5) is 5.82 Å². The first-order chi connectivity index (χ1) is 10.7. The van der Waals surface area contributed by atoms with E-state index in [1.807, 2.05) is 24.3 Å². The number of nitrogens with one attached hydrogen (secondary N) is 2. The summed E-state index contributed by atoms with van der Waals surface area (Å²) in [6.07, 6.45) is 3.72. The zero-order valence-electron chi connectivity index (χ0n) is 12.7. The first-order valence-electron chi connectivity index (χ1n) is 7.15. The molecule has 0 aliphatic heterocycles. The highest BCUT2D eigenvalue weighted by atomic mass is 16.5. The number of benzene rings is 1. The molecule has 0 bridgehead atoms. The lowest BCUT2D eigenvalue weighted by Crippen LogP contribution is -2.15. The third kappa shape index (κ3) is 4.41. The minimum absolute atomic E-state index is 0.324. The molecule has 1 aromatic carbocycles. The zero-order valence-corrected chi connectivity index (χ0v) is 12.7. The van der Waals surface area contributed by atoms with Gasteiger partial charge < -0.3 is 4.74 Å². The molecule has 2 rings (SSSR count). The van der Waals surface area contributed by atoms with Gasteiger partial charge in [-0.1, -0.05) is 25.5 Å². The minimum atomic E-state index is -0.522. The first-order valence-corrected chi connectivity index (χ1v) is 7.15. The van der Waals surface area contributed by atoms with Crippen molar-refractivity contribution in [2.24, 2.45) is 5.10 Å². The summed E-state index contributed by atoms with van der Waals surface area (Å²) in [4.78, 5) is 14.9. The van der Waals surface area contributed by atoms with Crippen LogP contribution in [0.15, 0.2) is 34.2 Å². The van der Waals surface area contributed by atoms with Crippen LogP contribution in [0.3, 0.4) is 0 Å². The lowest BCUT2D eigenvalue weighted by atomic mass is 10.2. The van der Waals surface area contributed by atoms with E-state index in [4.69, 9.17) is 4.74 Å². The second kappa shape index (κ2) is 7.92. The third-order valence-corrected chi connectivity index (χ3v) is 2.92. The van der Waals surface area contributed by atoms with Crippen molar-refractivity contribution in [1.29, 1.82) is 0 Å². The highest BCUT2D eigenvalue weighted by Crippen LogP contribution is 2.16. The Morgan fingerprint density at radius 2 is 2.23 bits per heavy atom. The van der Waals surface area contributed by atoms with E-state index >= 15 is 0 Å². The molecule has 0 aliphatic rings. The van der Waals surface area contributed by atoms with Crippen molar-refractivity contribution in [2.75, 3.05) is 12.0 Å². The summed E-state index contributed by atoms with van der Waals surface area (Å²) in [5.41, 5.74) is 3.60. The average molecular weight is 301 g/mol. The summed E-state index contributed by atoms with van der Waals surface area (Å²) in [5.74, 6) is 1.10. The first kappa shape index (κ1) is 15.7. The number of para-hydroxylation sites is 1. The molecule has 0 spiro atoms. The van der Waals surface area contributed by atoms with E-state index in [0.29, 0.717) is 18.1 Å². The standard InChI is InChI=1S/C15H19N5O2/c1-3-4-9-22-13-8-6-5-7-12(13)10-16-19-14-11(2)18-20-15(21)17-14/h5-8,10H,3-4,9H2,1-2H3,(H2,17,19,20,21). The number of rotatable bonds is 7. The van der Waals surface area contributed by atoms with E-state index in [0.717, 1.165) is 24.2 Å². The Bertz CT molecular complexity index is 696.